The molecule has 5 aromatic carbocycles. The van der Waals surface area contributed by atoms with E-state index in [2.05, 4.69) is 31.9 Å². The van der Waals surface area contributed by atoms with Crippen LogP contribution in [0.4, 0.5) is 0 Å². The van der Waals surface area contributed by atoms with Gasteiger partial charge in [-0.05, 0) is 53.3 Å². The van der Waals surface area contributed by atoms with Crippen LogP contribution in [-0.2, 0) is 5.60 Å². The van der Waals surface area contributed by atoms with E-state index < -0.39 is 23.4 Å². The Hall–Kier alpha value is -3.64. The molecule has 0 spiro atoms. The first kappa shape index (κ1) is 29.4. The van der Waals surface area contributed by atoms with E-state index >= 15 is 0 Å². The molecule has 6 rings (SSSR count). The number of aliphatic hydroxyl groups is 1. The predicted octanol–water partition coefficient (Wildman–Crippen LogP) is 9.37. The Kier molecular flexibility index (Phi) is 8.58. The van der Waals surface area contributed by atoms with Crippen LogP contribution in [-0.4, -0.2) is 16.7 Å². The molecule has 0 bridgehead atoms. The topological polar surface area (TPSA) is 54.4 Å². The largest absolute Gasteiger partial charge is 0.384 e. The van der Waals surface area contributed by atoms with Gasteiger partial charge in [0, 0.05) is 31.9 Å². The molecule has 1 saturated carbocycles. The lowest BCUT2D eigenvalue weighted by Gasteiger charge is -2.51. The van der Waals surface area contributed by atoms with Crippen molar-refractivity contribution in [3.05, 3.63) is 176 Å². The van der Waals surface area contributed by atoms with Gasteiger partial charge in [0.2, 0.25) is 0 Å². The molecule has 1 N–H and O–H groups in total. The molecule has 1 aliphatic rings. The molecule has 0 aliphatic heterocycles. The van der Waals surface area contributed by atoms with Crippen molar-refractivity contribution in [1.29, 1.82) is 0 Å². The molecule has 0 heterocycles. The van der Waals surface area contributed by atoms with Gasteiger partial charge in [0.25, 0.3) is 0 Å². The third-order valence-electron chi connectivity index (χ3n) is 8.75. The van der Waals surface area contributed by atoms with E-state index in [1.54, 1.807) is 12.1 Å². The van der Waals surface area contributed by atoms with Gasteiger partial charge in [0.05, 0.1) is 5.92 Å². The molecule has 5 atom stereocenters. The minimum atomic E-state index is -1.56. The Morgan fingerprint density at radius 1 is 0.581 bits per heavy atom. The van der Waals surface area contributed by atoms with Gasteiger partial charge < -0.3 is 5.11 Å². The van der Waals surface area contributed by atoms with Crippen LogP contribution < -0.4 is 0 Å². The van der Waals surface area contributed by atoms with E-state index in [1.807, 2.05) is 127 Å². The number of hydrogen-bond donors (Lipinski definition) is 1. The normalized spacial score (nSPS) is 23.4. The van der Waals surface area contributed by atoms with Crippen molar-refractivity contribution in [2.75, 3.05) is 0 Å². The van der Waals surface area contributed by atoms with Crippen molar-refractivity contribution in [1.82, 2.24) is 0 Å². The molecular formula is C38H30Br2O3. The SMILES string of the molecule is O=C(c1ccccc1)C1C(c2ccc(Br)cc2)CC(O)(c2ccccc2)C(C(=O)c2ccccc2)C1c1ccc(Br)cc1. The summed E-state index contributed by atoms with van der Waals surface area (Å²) in [6.07, 6.45) is 0.207. The summed E-state index contributed by atoms with van der Waals surface area (Å²) in [6, 6.07) is 43.7. The first-order chi connectivity index (χ1) is 20.9. The van der Waals surface area contributed by atoms with Crippen LogP contribution in [0.1, 0.15) is 55.7 Å². The van der Waals surface area contributed by atoms with E-state index in [1.165, 1.54) is 0 Å². The van der Waals surface area contributed by atoms with Crippen molar-refractivity contribution >= 4 is 43.4 Å². The molecule has 0 amide bonds. The maximum Gasteiger partial charge on any atom is 0.169 e. The second kappa shape index (κ2) is 12.5. The fourth-order valence-electron chi connectivity index (χ4n) is 6.79. The quantitative estimate of drug-likeness (QED) is 0.173. The Morgan fingerprint density at radius 3 is 1.53 bits per heavy atom. The summed E-state index contributed by atoms with van der Waals surface area (Å²) < 4.78 is 1.82. The number of ketones is 2. The molecule has 0 saturated heterocycles. The van der Waals surface area contributed by atoms with Gasteiger partial charge in [-0.1, -0.05) is 147 Å². The van der Waals surface area contributed by atoms with Crippen LogP contribution in [0, 0.1) is 11.8 Å². The Balaban J connectivity index is 1.65. The zero-order valence-corrected chi connectivity index (χ0v) is 26.5. The first-order valence-electron chi connectivity index (χ1n) is 14.3. The highest BCUT2D eigenvalue weighted by Gasteiger charge is 2.58. The number of carbonyl (C=O) groups excluding carboxylic acids is 2. The van der Waals surface area contributed by atoms with Crippen molar-refractivity contribution in [2.24, 2.45) is 11.8 Å². The van der Waals surface area contributed by atoms with Gasteiger partial charge in [-0.15, -0.1) is 0 Å². The van der Waals surface area contributed by atoms with Crippen LogP contribution in [0.3, 0.4) is 0 Å². The number of Topliss-reactive ketones (excluding diaryl/α,β-unsaturated/α-hetero) is 2. The van der Waals surface area contributed by atoms with Gasteiger partial charge in [-0.3, -0.25) is 9.59 Å². The van der Waals surface area contributed by atoms with E-state index in [-0.39, 0.29) is 23.9 Å². The Labute approximate surface area is 268 Å². The summed E-state index contributed by atoms with van der Waals surface area (Å²) in [7, 11) is 0. The average molecular weight is 694 g/mol. The highest BCUT2D eigenvalue weighted by atomic mass is 79.9. The zero-order chi connectivity index (χ0) is 30.0. The van der Waals surface area contributed by atoms with Crippen LogP contribution in [0.5, 0.6) is 0 Å². The number of carbonyl (C=O) groups is 2. The summed E-state index contributed by atoms with van der Waals surface area (Å²) in [4.78, 5) is 29.5. The van der Waals surface area contributed by atoms with Gasteiger partial charge in [0.1, 0.15) is 5.60 Å². The monoisotopic (exact) mass is 692 g/mol. The number of benzene rings is 5. The van der Waals surface area contributed by atoms with Crippen molar-refractivity contribution in [3.8, 4) is 0 Å². The second-order valence-corrected chi connectivity index (χ2v) is 13.0. The fourth-order valence-corrected chi connectivity index (χ4v) is 7.32. The van der Waals surface area contributed by atoms with Crippen molar-refractivity contribution < 1.29 is 14.7 Å². The molecule has 0 aromatic heterocycles. The summed E-state index contributed by atoms with van der Waals surface area (Å²) in [6.45, 7) is 0. The minimum absolute atomic E-state index is 0.0394. The lowest BCUT2D eigenvalue weighted by atomic mass is 9.52. The molecule has 5 heteroatoms. The third kappa shape index (κ3) is 5.82. The molecule has 1 fully saturated rings. The lowest BCUT2D eigenvalue weighted by Crippen LogP contribution is -2.53. The molecule has 3 nitrogen and oxygen atoms in total. The van der Waals surface area contributed by atoms with Gasteiger partial charge in [0.15, 0.2) is 11.6 Å². The maximum absolute atomic E-state index is 14.7. The highest BCUT2D eigenvalue weighted by Crippen LogP contribution is 2.58. The lowest BCUT2D eigenvalue weighted by molar-refractivity contribution is -0.0690. The van der Waals surface area contributed by atoms with Gasteiger partial charge in [-0.25, -0.2) is 0 Å². The van der Waals surface area contributed by atoms with E-state index in [0.717, 1.165) is 20.1 Å². The van der Waals surface area contributed by atoms with Crippen molar-refractivity contribution in [2.45, 2.75) is 23.9 Å². The number of hydrogen-bond acceptors (Lipinski definition) is 3. The first-order valence-corrected chi connectivity index (χ1v) is 15.9. The van der Waals surface area contributed by atoms with Crippen molar-refractivity contribution in [3.63, 3.8) is 0 Å². The predicted molar refractivity (Wildman–Crippen MR) is 177 cm³/mol. The molecule has 214 valence electrons. The summed E-state index contributed by atoms with van der Waals surface area (Å²) in [5, 5.41) is 13.0. The maximum atomic E-state index is 14.7. The van der Waals surface area contributed by atoms with E-state index in [0.29, 0.717) is 16.7 Å². The van der Waals surface area contributed by atoms with Gasteiger partial charge >= 0.3 is 0 Å². The molecule has 5 aromatic rings. The molecule has 1 aliphatic carbocycles. The smallest absolute Gasteiger partial charge is 0.169 e. The molecule has 0 radical (unpaired) electrons. The Morgan fingerprint density at radius 2 is 1.02 bits per heavy atom. The summed E-state index contributed by atoms with van der Waals surface area (Å²) in [5.41, 5.74) is 1.99. The molecular weight excluding hydrogens is 664 g/mol. The number of halogens is 2. The van der Waals surface area contributed by atoms with Crippen LogP contribution >= 0.6 is 31.9 Å². The molecule has 5 unspecified atom stereocenters. The summed E-state index contributed by atoms with van der Waals surface area (Å²) >= 11 is 7.11. The highest BCUT2D eigenvalue weighted by molar-refractivity contribution is 9.10. The fraction of sp³-hybridized carbons (Fsp3) is 0.158. The summed E-state index contributed by atoms with van der Waals surface area (Å²) in [5.74, 6) is -2.77. The third-order valence-corrected chi connectivity index (χ3v) is 9.81. The van der Waals surface area contributed by atoms with Crippen LogP contribution in [0.2, 0.25) is 0 Å². The second-order valence-electron chi connectivity index (χ2n) is 11.2. The standard InChI is InChI=1S/C38H30Br2O3/c39-30-20-16-25(17-21-30)32-24-38(43,29-14-8-3-9-15-29)35(37(42)28-12-6-2-7-13-28)33(26-18-22-31(40)23-19-26)34(32)36(41)27-10-4-1-5-11-27/h1-23,32-35,43H,24H2. The van der Waals surface area contributed by atoms with E-state index in [9.17, 15) is 14.7 Å². The zero-order valence-electron chi connectivity index (χ0n) is 23.3. The van der Waals surface area contributed by atoms with Crippen LogP contribution in [0.15, 0.2) is 148 Å². The van der Waals surface area contributed by atoms with Gasteiger partial charge in [-0.2, -0.15) is 0 Å². The van der Waals surface area contributed by atoms with E-state index in [4.69, 9.17) is 0 Å². The Bertz CT molecular complexity index is 1710. The number of rotatable bonds is 7. The van der Waals surface area contributed by atoms with Crippen LogP contribution in [0.25, 0.3) is 0 Å². The average Bonchev–Trinajstić information content (AvgIpc) is 3.05. The minimum Gasteiger partial charge on any atom is -0.384 e. The molecule has 43 heavy (non-hydrogen) atoms.